The van der Waals surface area contributed by atoms with Gasteiger partial charge in [0.1, 0.15) is 5.69 Å². The summed E-state index contributed by atoms with van der Waals surface area (Å²) in [6, 6.07) is 0. The molecule has 1 aliphatic rings. The van der Waals surface area contributed by atoms with Crippen molar-refractivity contribution in [2.45, 2.75) is 26.2 Å². The van der Waals surface area contributed by atoms with Crippen LogP contribution in [0.2, 0.25) is 0 Å². The minimum atomic E-state index is -1.82. The highest BCUT2D eigenvalue weighted by molar-refractivity contribution is 6.99. The number of hydrogen-bond donors (Lipinski definition) is 2. The lowest BCUT2D eigenvalue weighted by molar-refractivity contribution is -0.159. The number of aromatic nitrogens is 2. The van der Waals surface area contributed by atoms with E-state index >= 15 is 0 Å². The van der Waals surface area contributed by atoms with Crippen molar-refractivity contribution < 1.29 is 24.5 Å². The highest BCUT2D eigenvalue weighted by Crippen LogP contribution is 2.26. The maximum absolute atomic E-state index is 9.10. The number of carboxylic acids is 2. The standard InChI is InChI=1S/C14H21N3OS.C2H2O4/c1-3-4-5-6-10-18-14-13(15-19-16-14)12-8-7-9-17(2)11-12;3-1(4)2(5)6/h4-5,8H,3,6-7,9-11H2,1-2H3;(H,3,4)(H,5,6)/b5-4+;. The van der Waals surface area contributed by atoms with Gasteiger partial charge in [-0.05, 0) is 31.9 Å². The molecule has 0 amide bonds. The molecule has 0 saturated heterocycles. The summed E-state index contributed by atoms with van der Waals surface area (Å²) >= 11 is 1.23. The Bertz CT molecular complexity index is 615. The van der Waals surface area contributed by atoms with Crippen LogP contribution in [-0.4, -0.2) is 62.5 Å². The van der Waals surface area contributed by atoms with Gasteiger partial charge in [-0.15, -0.1) is 4.37 Å². The topological polar surface area (TPSA) is 113 Å². The highest BCUT2D eigenvalue weighted by atomic mass is 32.1. The number of aliphatic carboxylic acids is 2. The van der Waals surface area contributed by atoms with Gasteiger partial charge in [-0.25, -0.2) is 9.59 Å². The molecule has 0 saturated carbocycles. The van der Waals surface area contributed by atoms with Crippen LogP contribution >= 0.6 is 11.7 Å². The largest absolute Gasteiger partial charge is 0.475 e. The van der Waals surface area contributed by atoms with Crippen LogP contribution in [0.3, 0.4) is 0 Å². The van der Waals surface area contributed by atoms with Crippen LogP contribution in [0.25, 0.3) is 5.57 Å². The van der Waals surface area contributed by atoms with E-state index in [0.29, 0.717) is 12.5 Å². The van der Waals surface area contributed by atoms with Gasteiger partial charge in [0.05, 0.1) is 18.3 Å². The van der Waals surface area contributed by atoms with Gasteiger partial charge in [-0.1, -0.05) is 25.2 Å². The number of carboxylic acid groups (broad SMARTS) is 2. The Morgan fingerprint density at radius 1 is 1.32 bits per heavy atom. The summed E-state index contributed by atoms with van der Waals surface area (Å²) in [7, 11) is 2.13. The molecule has 2 N–H and O–H groups in total. The first kappa shape index (κ1) is 20.8. The minimum absolute atomic E-state index is 0.665. The van der Waals surface area contributed by atoms with Gasteiger partial charge in [0.25, 0.3) is 5.88 Å². The summed E-state index contributed by atoms with van der Waals surface area (Å²) in [5.74, 6) is -2.96. The molecule has 9 heteroatoms. The first-order valence-electron chi connectivity index (χ1n) is 7.90. The maximum atomic E-state index is 9.10. The first-order chi connectivity index (χ1) is 12.0. The molecule has 1 aliphatic heterocycles. The van der Waals surface area contributed by atoms with Crippen LogP contribution in [0.15, 0.2) is 18.2 Å². The lowest BCUT2D eigenvalue weighted by atomic mass is 10.1. The van der Waals surface area contributed by atoms with E-state index in [1.807, 2.05) is 0 Å². The van der Waals surface area contributed by atoms with Crippen LogP contribution in [0.5, 0.6) is 5.88 Å². The minimum Gasteiger partial charge on any atom is -0.475 e. The van der Waals surface area contributed by atoms with E-state index in [1.165, 1.54) is 17.3 Å². The van der Waals surface area contributed by atoms with Crippen LogP contribution < -0.4 is 4.74 Å². The Balaban J connectivity index is 0.000000450. The smallest absolute Gasteiger partial charge is 0.414 e. The molecule has 0 spiro atoms. The van der Waals surface area contributed by atoms with Gasteiger partial charge in [0.2, 0.25) is 0 Å². The third-order valence-corrected chi connectivity index (χ3v) is 3.72. The molecule has 2 heterocycles. The van der Waals surface area contributed by atoms with Crippen molar-refractivity contribution in [3.63, 3.8) is 0 Å². The molecule has 8 nitrogen and oxygen atoms in total. The number of carbonyl (C=O) groups is 2. The van der Waals surface area contributed by atoms with Crippen LogP contribution in [0.4, 0.5) is 0 Å². The van der Waals surface area contributed by atoms with E-state index in [9.17, 15) is 0 Å². The summed E-state index contributed by atoms with van der Waals surface area (Å²) in [6.07, 6.45) is 9.62. The molecular formula is C16H23N3O5S. The number of rotatable bonds is 6. The third-order valence-electron chi connectivity index (χ3n) is 3.21. The number of hydrogen-bond acceptors (Lipinski definition) is 7. The van der Waals surface area contributed by atoms with E-state index < -0.39 is 11.9 Å². The Morgan fingerprint density at radius 3 is 2.64 bits per heavy atom. The Hall–Kier alpha value is -2.26. The van der Waals surface area contributed by atoms with E-state index in [-0.39, 0.29) is 0 Å². The fourth-order valence-corrected chi connectivity index (χ4v) is 2.58. The predicted octanol–water partition coefficient (Wildman–Crippen LogP) is 2.15. The molecule has 0 fully saturated rings. The van der Waals surface area contributed by atoms with E-state index in [0.717, 1.165) is 38.0 Å². The summed E-state index contributed by atoms with van der Waals surface area (Å²) in [5.41, 5.74) is 2.16. The average molecular weight is 369 g/mol. The zero-order valence-corrected chi connectivity index (χ0v) is 15.2. The number of allylic oxidation sites excluding steroid dienone is 1. The predicted molar refractivity (Wildman–Crippen MR) is 94.8 cm³/mol. The lowest BCUT2D eigenvalue weighted by Gasteiger charge is -2.22. The second-order valence-electron chi connectivity index (χ2n) is 5.30. The molecule has 0 atom stereocenters. The van der Waals surface area contributed by atoms with Gasteiger partial charge in [-0.3, -0.25) is 0 Å². The molecular weight excluding hydrogens is 346 g/mol. The summed E-state index contributed by atoms with van der Waals surface area (Å²) in [6.45, 7) is 4.83. The number of nitrogens with zero attached hydrogens (tertiary/aromatic N) is 3. The Kier molecular flexibility index (Phi) is 9.41. The summed E-state index contributed by atoms with van der Waals surface area (Å²) < 4.78 is 14.4. The Morgan fingerprint density at radius 2 is 2.04 bits per heavy atom. The quantitative estimate of drug-likeness (QED) is 0.445. The van der Waals surface area contributed by atoms with Crippen LogP contribution in [-0.2, 0) is 9.59 Å². The average Bonchev–Trinajstić information content (AvgIpc) is 3.03. The zero-order valence-electron chi connectivity index (χ0n) is 14.3. The molecule has 2 rings (SSSR count). The van der Waals surface area contributed by atoms with Crippen LogP contribution in [0.1, 0.15) is 31.9 Å². The SMILES string of the molecule is CC/C=C/CCOc1nsnc1C1=CCCN(C)C1.O=C(O)C(=O)O. The van der Waals surface area contributed by atoms with Crippen LogP contribution in [0, 0.1) is 0 Å². The molecule has 0 aliphatic carbocycles. The van der Waals surface area contributed by atoms with E-state index in [4.69, 9.17) is 24.5 Å². The third kappa shape index (κ3) is 7.90. The molecule has 1 aromatic heterocycles. The van der Waals surface area contributed by atoms with Crippen molar-refractivity contribution >= 4 is 29.2 Å². The molecule has 138 valence electrons. The molecule has 0 unspecified atom stereocenters. The van der Waals surface area contributed by atoms with Gasteiger partial charge >= 0.3 is 11.9 Å². The van der Waals surface area contributed by atoms with Crippen molar-refractivity contribution in [1.82, 2.24) is 13.6 Å². The fourth-order valence-electron chi connectivity index (χ4n) is 2.04. The zero-order chi connectivity index (χ0) is 18.7. The van der Waals surface area contributed by atoms with Crippen molar-refractivity contribution in [2.24, 2.45) is 0 Å². The molecule has 1 aromatic rings. The van der Waals surface area contributed by atoms with Gasteiger partial charge in [0.15, 0.2) is 0 Å². The van der Waals surface area contributed by atoms with E-state index in [2.05, 4.69) is 45.8 Å². The fraction of sp³-hybridized carbons (Fsp3) is 0.500. The molecule has 0 aromatic carbocycles. The van der Waals surface area contributed by atoms with Crippen molar-refractivity contribution in [3.8, 4) is 5.88 Å². The Labute approximate surface area is 150 Å². The van der Waals surface area contributed by atoms with Crippen molar-refractivity contribution in [2.75, 3.05) is 26.7 Å². The maximum Gasteiger partial charge on any atom is 0.414 e. The molecule has 0 radical (unpaired) electrons. The highest BCUT2D eigenvalue weighted by Gasteiger charge is 2.18. The lowest BCUT2D eigenvalue weighted by Crippen LogP contribution is -2.25. The second kappa shape index (κ2) is 11.3. The summed E-state index contributed by atoms with van der Waals surface area (Å²) in [4.78, 5) is 20.5. The normalized spacial score (nSPS) is 14.6. The summed E-state index contributed by atoms with van der Waals surface area (Å²) in [5, 5.41) is 14.8. The number of ether oxygens (including phenoxy) is 1. The second-order valence-corrected chi connectivity index (χ2v) is 5.83. The first-order valence-corrected chi connectivity index (χ1v) is 8.63. The molecule has 0 bridgehead atoms. The van der Waals surface area contributed by atoms with Crippen molar-refractivity contribution in [3.05, 3.63) is 23.9 Å². The number of likely N-dealkylation sites (N-methyl/N-ethyl adjacent to an activating group) is 1. The molecule has 25 heavy (non-hydrogen) atoms. The van der Waals surface area contributed by atoms with Gasteiger partial charge in [0, 0.05) is 13.1 Å². The van der Waals surface area contributed by atoms with Crippen molar-refractivity contribution in [1.29, 1.82) is 0 Å². The van der Waals surface area contributed by atoms with E-state index in [1.54, 1.807) is 0 Å². The monoisotopic (exact) mass is 369 g/mol. The van der Waals surface area contributed by atoms with Gasteiger partial charge < -0.3 is 19.8 Å². The van der Waals surface area contributed by atoms with Gasteiger partial charge in [-0.2, -0.15) is 4.37 Å².